The molecule has 2 amide bonds. The van der Waals surface area contributed by atoms with Crippen molar-refractivity contribution in [3.63, 3.8) is 0 Å². The predicted octanol–water partition coefficient (Wildman–Crippen LogP) is 2.82. The fourth-order valence-corrected chi connectivity index (χ4v) is 4.66. The van der Waals surface area contributed by atoms with Gasteiger partial charge in [-0.15, -0.1) is 0 Å². The lowest BCUT2D eigenvalue weighted by Gasteiger charge is -2.37. The largest absolute Gasteiger partial charge is 0.469 e. The fraction of sp³-hybridized carbons (Fsp3) is 0.522. The fourth-order valence-electron chi connectivity index (χ4n) is 4.66. The molecule has 0 aliphatic carbocycles. The van der Waals surface area contributed by atoms with Gasteiger partial charge in [0.2, 0.25) is 5.91 Å². The normalized spacial score (nSPS) is 20.4. The molecule has 2 aromatic rings. The van der Waals surface area contributed by atoms with Crippen LogP contribution in [0.4, 0.5) is 0 Å². The molecular weight excluding hydrogens is 382 g/mol. The van der Waals surface area contributed by atoms with E-state index in [1.54, 1.807) is 0 Å². The Labute approximate surface area is 176 Å². The summed E-state index contributed by atoms with van der Waals surface area (Å²) in [4.78, 5) is 44.5. The molecule has 0 radical (unpaired) electrons. The molecule has 1 N–H and O–H groups in total. The minimum Gasteiger partial charge on any atom is -0.469 e. The van der Waals surface area contributed by atoms with Crippen LogP contribution in [0.2, 0.25) is 0 Å². The van der Waals surface area contributed by atoms with Gasteiger partial charge in [-0.05, 0) is 55.2 Å². The zero-order valence-corrected chi connectivity index (χ0v) is 17.4. The Balaban J connectivity index is 1.35. The number of aromatic amines is 1. The number of amides is 2. The first-order valence-corrected chi connectivity index (χ1v) is 10.8. The van der Waals surface area contributed by atoms with Crippen LogP contribution in [0.25, 0.3) is 10.9 Å². The van der Waals surface area contributed by atoms with Crippen LogP contribution in [-0.2, 0) is 14.3 Å². The summed E-state index contributed by atoms with van der Waals surface area (Å²) in [5, 5.41) is 1.08. The Kier molecular flexibility index (Phi) is 6.06. The van der Waals surface area contributed by atoms with E-state index in [1.807, 2.05) is 40.3 Å². The summed E-state index contributed by atoms with van der Waals surface area (Å²) < 4.78 is 4.75. The van der Waals surface area contributed by atoms with Crippen LogP contribution in [0.15, 0.2) is 30.5 Å². The van der Waals surface area contributed by atoms with Gasteiger partial charge in [0.1, 0.15) is 0 Å². The van der Waals surface area contributed by atoms with Gasteiger partial charge in [0.15, 0.2) is 0 Å². The zero-order valence-electron chi connectivity index (χ0n) is 17.4. The van der Waals surface area contributed by atoms with Gasteiger partial charge in [-0.1, -0.05) is 6.07 Å². The van der Waals surface area contributed by atoms with Crippen LogP contribution in [-0.4, -0.2) is 65.9 Å². The Morgan fingerprint density at radius 3 is 2.63 bits per heavy atom. The molecule has 4 rings (SSSR count). The summed E-state index contributed by atoms with van der Waals surface area (Å²) in [6, 6.07) is 7.67. The quantitative estimate of drug-likeness (QED) is 0.785. The summed E-state index contributed by atoms with van der Waals surface area (Å²) in [5.41, 5.74) is 1.60. The van der Waals surface area contributed by atoms with E-state index >= 15 is 0 Å². The van der Waals surface area contributed by atoms with Crippen LogP contribution < -0.4 is 0 Å². The van der Waals surface area contributed by atoms with E-state index in [4.69, 9.17) is 4.74 Å². The Hall–Kier alpha value is -2.83. The Bertz CT molecular complexity index is 929. The molecule has 2 saturated heterocycles. The van der Waals surface area contributed by atoms with Crippen LogP contribution in [0.1, 0.15) is 42.5 Å². The number of H-pyrrole nitrogens is 1. The molecule has 3 heterocycles. The summed E-state index contributed by atoms with van der Waals surface area (Å²) in [7, 11) is 1.41. The number of carbonyl (C=O) groups is 3. The molecule has 7 heteroatoms. The number of nitrogens with zero attached hydrogens (tertiary/aromatic N) is 2. The molecule has 1 aromatic carbocycles. The summed E-state index contributed by atoms with van der Waals surface area (Å²) in [6.45, 7) is 2.51. The van der Waals surface area contributed by atoms with Gasteiger partial charge in [0.25, 0.3) is 5.91 Å². The molecule has 1 unspecified atom stereocenters. The lowest BCUT2D eigenvalue weighted by Crippen LogP contribution is -2.48. The first-order valence-electron chi connectivity index (χ1n) is 10.8. The number of benzene rings is 1. The third-order valence-corrected chi connectivity index (χ3v) is 6.47. The van der Waals surface area contributed by atoms with Gasteiger partial charge in [-0.2, -0.15) is 0 Å². The molecule has 160 valence electrons. The Morgan fingerprint density at radius 2 is 1.87 bits per heavy atom. The lowest BCUT2D eigenvalue weighted by atomic mass is 9.91. The topological polar surface area (TPSA) is 82.7 Å². The lowest BCUT2D eigenvalue weighted by molar-refractivity contribution is -0.142. The molecule has 30 heavy (non-hydrogen) atoms. The van der Waals surface area contributed by atoms with Crippen molar-refractivity contribution in [1.29, 1.82) is 0 Å². The minimum absolute atomic E-state index is 0.0132. The van der Waals surface area contributed by atoms with Gasteiger partial charge in [0.05, 0.1) is 13.0 Å². The number of nitrogens with one attached hydrogen (secondary N) is 1. The van der Waals surface area contributed by atoms with Crippen molar-refractivity contribution in [3.8, 4) is 0 Å². The van der Waals surface area contributed by atoms with E-state index in [0.29, 0.717) is 38.2 Å². The second-order valence-corrected chi connectivity index (χ2v) is 8.42. The standard InChI is InChI=1S/C23H29N3O4/c1-30-21(27)13-16-7-11-25(12-8-16)23(29)19-3-2-10-26(15-19)22(28)18-5-4-17-6-9-24-20(17)14-18/h4-6,9,14,16,19,24H,2-3,7-8,10-13,15H2,1H3. The number of rotatable bonds is 4. The first-order chi connectivity index (χ1) is 14.5. The van der Waals surface area contributed by atoms with Crippen LogP contribution in [0.3, 0.4) is 0 Å². The summed E-state index contributed by atoms with van der Waals surface area (Å²) in [5.74, 6) is 0.0892. The zero-order chi connectivity index (χ0) is 21.1. The van der Waals surface area contributed by atoms with Crippen molar-refractivity contribution in [2.75, 3.05) is 33.3 Å². The molecule has 2 fully saturated rings. The second-order valence-electron chi connectivity index (χ2n) is 8.42. The molecular formula is C23H29N3O4. The molecule has 1 aromatic heterocycles. The minimum atomic E-state index is -0.182. The molecule has 2 aliphatic rings. The Morgan fingerprint density at radius 1 is 1.07 bits per heavy atom. The van der Waals surface area contributed by atoms with E-state index < -0.39 is 0 Å². The smallest absolute Gasteiger partial charge is 0.305 e. The average Bonchev–Trinajstić information content (AvgIpc) is 3.26. The van der Waals surface area contributed by atoms with Gasteiger partial charge >= 0.3 is 5.97 Å². The summed E-state index contributed by atoms with van der Waals surface area (Å²) in [6.07, 6.45) is 5.60. The van der Waals surface area contributed by atoms with E-state index in [1.165, 1.54) is 7.11 Å². The van der Waals surface area contributed by atoms with E-state index in [9.17, 15) is 14.4 Å². The summed E-state index contributed by atoms with van der Waals surface area (Å²) >= 11 is 0. The van der Waals surface area contributed by atoms with Crippen LogP contribution >= 0.6 is 0 Å². The van der Waals surface area contributed by atoms with Gasteiger partial charge in [-0.25, -0.2) is 0 Å². The van der Waals surface area contributed by atoms with Gasteiger partial charge in [0, 0.05) is 49.9 Å². The highest BCUT2D eigenvalue weighted by molar-refractivity contribution is 5.98. The number of aromatic nitrogens is 1. The maximum absolute atomic E-state index is 13.1. The highest BCUT2D eigenvalue weighted by Gasteiger charge is 2.33. The number of hydrogen-bond acceptors (Lipinski definition) is 4. The second kappa shape index (κ2) is 8.90. The van der Waals surface area contributed by atoms with Gasteiger partial charge in [-0.3, -0.25) is 14.4 Å². The molecule has 2 aliphatic heterocycles. The van der Waals surface area contributed by atoms with Crippen molar-refractivity contribution in [3.05, 3.63) is 36.0 Å². The number of esters is 1. The number of carbonyl (C=O) groups excluding carboxylic acids is 3. The van der Waals surface area contributed by atoms with Crippen molar-refractivity contribution < 1.29 is 19.1 Å². The molecule has 0 bridgehead atoms. The van der Waals surface area contributed by atoms with Crippen molar-refractivity contribution in [2.24, 2.45) is 11.8 Å². The van der Waals surface area contributed by atoms with Crippen LogP contribution in [0, 0.1) is 11.8 Å². The highest BCUT2D eigenvalue weighted by atomic mass is 16.5. The predicted molar refractivity (Wildman–Crippen MR) is 113 cm³/mol. The number of methoxy groups -OCH3 is 1. The number of fused-ring (bicyclic) bond motifs is 1. The molecule has 1 atom stereocenters. The van der Waals surface area contributed by atoms with Crippen molar-refractivity contribution in [1.82, 2.24) is 14.8 Å². The third kappa shape index (κ3) is 4.35. The highest BCUT2D eigenvalue weighted by Crippen LogP contribution is 2.26. The van der Waals surface area contributed by atoms with Crippen molar-refractivity contribution >= 4 is 28.7 Å². The molecule has 7 nitrogen and oxygen atoms in total. The number of piperidine rings is 2. The van der Waals surface area contributed by atoms with Crippen LogP contribution in [0.5, 0.6) is 0 Å². The SMILES string of the molecule is COC(=O)CC1CCN(C(=O)C2CCCN(C(=O)c3ccc4cc[nH]c4c3)C2)CC1. The van der Waals surface area contributed by atoms with Crippen molar-refractivity contribution in [2.45, 2.75) is 32.1 Å². The number of ether oxygens (including phenoxy) is 1. The maximum atomic E-state index is 13.1. The molecule has 0 saturated carbocycles. The molecule has 0 spiro atoms. The maximum Gasteiger partial charge on any atom is 0.305 e. The van der Waals surface area contributed by atoms with E-state index in [0.717, 1.165) is 36.6 Å². The number of hydrogen-bond donors (Lipinski definition) is 1. The first kappa shape index (κ1) is 20.4. The number of likely N-dealkylation sites (tertiary alicyclic amines) is 2. The van der Waals surface area contributed by atoms with E-state index in [-0.39, 0.29) is 29.6 Å². The monoisotopic (exact) mass is 411 g/mol. The third-order valence-electron chi connectivity index (χ3n) is 6.47. The van der Waals surface area contributed by atoms with Gasteiger partial charge < -0.3 is 19.5 Å². The average molecular weight is 412 g/mol. The van der Waals surface area contributed by atoms with E-state index in [2.05, 4.69) is 4.98 Å².